The molecule has 0 aliphatic heterocycles. The molecule has 3 aromatic carbocycles. The Morgan fingerprint density at radius 3 is 1.96 bits per heavy atom. The lowest BCUT2D eigenvalue weighted by molar-refractivity contribution is 1.50. The van der Waals surface area contributed by atoms with Gasteiger partial charge in [-0.05, 0) is 40.0 Å². The van der Waals surface area contributed by atoms with Crippen LogP contribution in [0.2, 0.25) is 0 Å². The molecule has 3 aromatic rings. The summed E-state index contributed by atoms with van der Waals surface area (Å²) in [5.74, 6) is 0. The van der Waals surface area contributed by atoms with Crippen molar-refractivity contribution in [3.05, 3.63) is 109 Å². The smallest absolute Gasteiger partial charge is 0.0393 e. The molecule has 112 valence electrons. The number of benzene rings is 3. The van der Waals surface area contributed by atoms with E-state index in [0.717, 1.165) is 28.0 Å². The van der Waals surface area contributed by atoms with Crippen LogP contribution in [0.15, 0.2) is 97.6 Å². The van der Waals surface area contributed by atoms with Crippen molar-refractivity contribution in [1.29, 1.82) is 0 Å². The van der Waals surface area contributed by atoms with Gasteiger partial charge in [0.2, 0.25) is 0 Å². The summed E-state index contributed by atoms with van der Waals surface area (Å²) >= 11 is 0. The van der Waals surface area contributed by atoms with E-state index < -0.39 is 0 Å². The Hall–Kier alpha value is -3.06. The van der Waals surface area contributed by atoms with E-state index in [1.807, 2.05) is 66.7 Å². The second kappa shape index (κ2) is 6.80. The molecule has 0 heterocycles. The van der Waals surface area contributed by atoms with Crippen molar-refractivity contribution in [1.82, 2.24) is 0 Å². The monoisotopic (exact) mass is 297 g/mol. The van der Waals surface area contributed by atoms with Crippen molar-refractivity contribution in [3.8, 4) is 11.1 Å². The van der Waals surface area contributed by atoms with Gasteiger partial charge < -0.3 is 5.73 Å². The molecular formula is C22H19N. The Labute approximate surface area is 137 Å². The van der Waals surface area contributed by atoms with Gasteiger partial charge in [0.25, 0.3) is 0 Å². The van der Waals surface area contributed by atoms with Gasteiger partial charge in [-0.15, -0.1) is 0 Å². The largest absolute Gasteiger partial charge is 0.398 e. The molecule has 23 heavy (non-hydrogen) atoms. The van der Waals surface area contributed by atoms with Crippen molar-refractivity contribution in [2.24, 2.45) is 5.73 Å². The highest BCUT2D eigenvalue weighted by molar-refractivity contribution is 5.82. The highest BCUT2D eigenvalue weighted by Gasteiger charge is 2.02. The fraction of sp³-hybridized carbons (Fsp3) is 0. The zero-order valence-electron chi connectivity index (χ0n) is 12.9. The maximum Gasteiger partial charge on any atom is 0.0393 e. The second-order valence-corrected chi connectivity index (χ2v) is 5.44. The van der Waals surface area contributed by atoms with Crippen molar-refractivity contribution in [3.63, 3.8) is 0 Å². The zero-order chi connectivity index (χ0) is 16.1. The topological polar surface area (TPSA) is 26.0 Å². The van der Waals surface area contributed by atoms with E-state index in [9.17, 15) is 0 Å². The van der Waals surface area contributed by atoms with E-state index in [4.69, 9.17) is 5.73 Å². The first-order chi connectivity index (χ1) is 11.2. The number of rotatable bonds is 4. The van der Waals surface area contributed by atoms with Crippen molar-refractivity contribution < 1.29 is 0 Å². The van der Waals surface area contributed by atoms with Gasteiger partial charge in [-0.25, -0.2) is 0 Å². The van der Waals surface area contributed by atoms with Crippen molar-refractivity contribution >= 4 is 11.3 Å². The molecule has 0 fully saturated rings. The number of hydrogen-bond acceptors (Lipinski definition) is 1. The average molecular weight is 297 g/mol. The summed E-state index contributed by atoms with van der Waals surface area (Å²) in [6.07, 6.45) is 1.93. The molecule has 0 saturated heterocycles. The molecule has 0 aromatic heterocycles. The molecule has 1 heteroatoms. The summed E-state index contributed by atoms with van der Waals surface area (Å²) in [6.45, 7) is 4.11. The molecule has 1 nitrogen and oxygen atoms in total. The summed E-state index contributed by atoms with van der Waals surface area (Å²) in [5, 5.41) is 0. The van der Waals surface area contributed by atoms with E-state index in [1.54, 1.807) is 0 Å². The molecule has 0 atom stereocenters. The first kappa shape index (κ1) is 14.9. The summed E-state index contributed by atoms with van der Waals surface area (Å²) in [7, 11) is 0. The molecule has 0 bridgehead atoms. The molecule has 0 amide bonds. The van der Waals surface area contributed by atoms with Crippen LogP contribution in [0, 0.1) is 0 Å². The third-order valence-electron chi connectivity index (χ3n) is 3.78. The molecular weight excluding hydrogens is 278 g/mol. The van der Waals surface area contributed by atoms with Gasteiger partial charge in [0.05, 0.1) is 0 Å². The highest BCUT2D eigenvalue weighted by Crippen LogP contribution is 2.23. The highest BCUT2D eigenvalue weighted by atomic mass is 14.6. The van der Waals surface area contributed by atoms with Crippen molar-refractivity contribution in [2.45, 2.75) is 0 Å². The standard InChI is InChI=1S/C22H19N/c1-17(18-9-4-2-5-10-18)15-22(23)21-14-8-13-20(16-21)19-11-6-3-7-12-19/h2-16H,1,23H2/b22-15-. The van der Waals surface area contributed by atoms with Gasteiger partial charge >= 0.3 is 0 Å². The Morgan fingerprint density at radius 2 is 1.26 bits per heavy atom. The predicted molar refractivity (Wildman–Crippen MR) is 99.5 cm³/mol. The van der Waals surface area contributed by atoms with Crippen LogP contribution in [0.25, 0.3) is 22.4 Å². The second-order valence-electron chi connectivity index (χ2n) is 5.44. The van der Waals surface area contributed by atoms with Gasteiger partial charge in [-0.1, -0.05) is 85.4 Å². The lowest BCUT2D eigenvalue weighted by Crippen LogP contribution is -1.97. The minimum atomic E-state index is 0.719. The minimum Gasteiger partial charge on any atom is -0.398 e. The molecule has 0 radical (unpaired) electrons. The van der Waals surface area contributed by atoms with Crippen LogP contribution >= 0.6 is 0 Å². The molecule has 3 rings (SSSR count). The van der Waals surface area contributed by atoms with E-state index in [1.165, 1.54) is 5.56 Å². The summed E-state index contributed by atoms with van der Waals surface area (Å²) in [6, 6.07) is 28.6. The molecule has 0 saturated carbocycles. The normalized spacial score (nSPS) is 11.2. The lowest BCUT2D eigenvalue weighted by atomic mass is 10.00. The van der Waals surface area contributed by atoms with Gasteiger partial charge in [0.1, 0.15) is 0 Å². The summed E-state index contributed by atoms with van der Waals surface area (Å²) in [5.41, 5.74) is 12.3. The fourth-order valence-corrected chi connectivity index (χ4v) is 2.52. The average Bonchev–Trinajstić information content (AvgIpc) is 2.63. The van der Waals surface area contributed by atoms with E-state index in [2.05, 4.69) is 30.8 Å². The van der Waals surface area contributed by atoms with E-state index in [0.29, 0.717) is 0 Å². The van der Waals surface area contributed by atoms with Crippen molar-refractivity contribution in [2.75, 3.05) is 0 Å². The maximum absolute atomic E-state index is 6.28. The van der Waals surface area contributed by atoms with Gasteiger partial charge in [-0.3, -0.25) is 0 Å². The third-order valence-corrected chi connectivity index (χ3v) is 3.78. The Kier molecular flexibility index (Phi) is 4.39. The molecule has 0 aliphatic carbocycles. The first-order valence-corrected chi connectivity index (χ1v) is 7.61. The van der Waals surface area contributed by atoms with Crippen LogP contribution in [0.4, 0.5) is 0 Å². The van der Waals surface area contributed by atoms with Gasteiger partial charge in [-0.2, -0.15) is 0 Å². The van der Waals surface area contributed by atoms with Gasteiger partial charge in [0.15, 0.2) is 0 Å². The predicted octanol–water partition coefficient (Wildman–Crippen LogP) is 5.37. The SMILES string of the molecule is C=C(/C=C(\N)c1cccc(-c2ccccc2)c1)c1ccccc1. The lowest BCUT2D eigenvalue weighted by Gasteiger charge is -2.07. The van der Waals surface area contributed by atoms with Crippen LogP contribution in [0.1, 0.15) is 11.1 Å². The fourth-order valence-electron chi connectivity index (χ4n) is 2.52. The van der Waals surface area contributed by atoms with Crippen LogP contribution in [0.3, 0.4) is 0 Å². The summed E-state index contributed by atoms with van der Waals surface area (Å²) < 4.78 is 0. The third kappa shape index (κ3) is 3.58. The number of allylic oxidation sites excluding steroid dienone is 2. The first-order valence-electron chi connectivity index (χ1n) is 7.61. The number of nitrogens with two attached hydrogens (primary N) is 1. The van der Waals surface area contributed by atoms with Crippen LogP contribution in [0.5, 0.6) is 0 Å². The minimum absolute atomic E-state index is 0.719. The van der Waals surface area contributed by atoms with E-state index >= 15 is 0 Å². The van der Waals surface area contributed by atoms with E-state index in [-0.39, 0.29) is 0 Å². The maximum atomic E-state index is 6.28. The molecule has 0 spiro atoms. The molecule has 2 N–H and O–H groups in total. The quantitative estimate of drug-likeness (QED) is 0.644. The number of hydrogen-bond donors (Lipinski definition) is 1. The molecule has 0 aliphatic rings. The Balaban J connectivity index is 1.90. The van der Waals surface area contributed by atoms with Crippen LogP contribution in [-0.4, -0.2) is 0 Å². The van der Waals surface area contributed by atoms with Crippen LogP contribution < -0.4 is 5.73 Å². The zero-order valence-corrected chi connectivity index (χ0v) is 12.9. The Morgan fingerprint density at radius 1 is 0.696 bits per heavy atom. The summed E-state index contributed by atoms with van der Waals surface area (Å²) in [4.78, 5) is 0. The van der Waals surface area contributed by atoms with Gasteiger partial charge in [0, 0.05) is 5.70 Å². The molecule has 0 unspecified atom stereocenters. The van der Waals surface area contributed by atoms with Crippen LogP contribution in [-0.2, 0) is 0 Å². The Bertz CT molecular complexity index is 830.